The van der Waals surface area contributed by atoms with Crippen molar-refractivity contribution in [1.82, 2.24) is 9.80 Å². The van der Waals surface area contributed by atoms with Gasteiger partial charge in [-0.05, 0) is 84.6 Å². The first-order chi connectivity index (χ1) is 31.8. The fourth-order valence-corrected chi connectivity index (χ4v) is 8.25. The number of carbonyl (C=O) groups is 2. The molecule has 0 saturated heterocycles. The molecule has 0 bridgehead atoms. The molecule has 0 unspecified atom stereocenters. The number of nitrogens with two attached hydrogens (primary N) is 2. The monoisotopic (exact) mass is 932 g/mol. The van der Waals surface area contributed by atoms with Crippen LogP contribution in [0, 0.1) is 0 Å². The van der Waals surface area contributed by atoms with E-state index in [0.717, 1.165) is 47.9 Å². The molecule has 14 nitrogen and oxygen atoms in total. The number of hydrogen-bond acceptors (Lipinski definition) is 10. The highest BCUT2D eigenvalue weighted by molar-refractivity contribution is 7.90. The Bertz CT molecular complexity index is 2530. The van der Waals surface area contributed by atoms with E-state index < -0.39 is 20.4 Å². The van der Waals surface area contributed by atoms with Crippen molar-refractivity contribution < 1.29 is 35.9 Å². The summed E-state index contributed by atoms with van der Waals surface area (Å²) in [6, 6.07) is 47.9. The molecule has 0 aliphatic heterocycles. The molecule has 66 heavy (non-hydrogen) atoms. The van der Waals surface area contributed by atoms with Crippen LogP contribution in [0.15, 0.2) is 158 Å². The molecule has 6 rings (SSSR count). The van der Waals surface area contributed by atoms with Crippen LogP contribution in [-0.4, -0.2) is 64.4 Å². The van der Waals surface area contributed by atoms with E-state index in [-0.39, 0.29) is 60.7 Å². The van der Waals surface area contributed by atoms with Gasteiger partial charge >= 0.3 is 0 Å². The van der Waals surface area contributed by atoms with E-state index in [9.17, 15) is 26.4 Å². The number of unbranched alkanes of at least 4 members (excludes halogenated alkanes) is 3. The van der Waals surface area contributed by atoms with E-state index in [2.05, 4.69) is 19.2 Å². The number of rotatable bonds is 27. The zero-order chi connectivity index (χ0) is 46.8. The van der Waals surface area contributed by atoms with Crippen LogP contribution in [0.3, 0.4) is 0 Å². The van der Waals surface area contributed by atoms with Crippen molar-refractivity contribution in [2.45, 2.75) is 52.0 Å². The van der Waals surface area contributed by atoms with Gasteiger partial charge in [-0.25, -0.2) is 10.3 Å². The molecule has 0 aliphatic rings. The zero-order valence-electron chi connectivity index (χ0n) is 36.6. The van der Waals surface area contributed by atoms with Crippen LogP contribution in [0.4, 0.5) is 11.4 Å². The van der Waals surface area contributed by atoms with E-state index in [0.29, 0.717) is 37.3 Å². The fourth-order valence-electron chi connectivity index (χ4n) is 7.32. The smallest absolute Gasteiger partial charge is 0.296 e. The number of ether oxygens (including phenoxy) is 2. The summed E-state index contributed by atoms with van der Waals surface area (Å²) in [4.78, 5) is 31.8. The van der Waals surface area contributed by atoms with Gasteiger partial charge in [-0.15, -0.1) is 0 Å². The Morgan fingerprint density at radius 2 is 0.788 bits per heavy atom. The number of benzene rings is 6. The van der Waals surface area contributed by atoms with E-state index in [4.69, 9.17) is 19.8 Å². The van der Waals surface area contributed by atoms with Gasteiger partial charge in [-0.3, -0.25) is 28.8 Å². The Kier molecular flexibility index (Phi) is 18.0. The second-order valence-electron chi connectivity index (χ2n) is 15.9. The minimum Gasteiger partial charge on any atom is -0.487 e. The third-order valence-electron chi connectivity index (χ3n) is 10.5. The topological polar surface area (TPSA) is 203 Å². The molecule has 0 heterocycles. The lowest BCUT2D eigenvalue weighted by molar-refractivity contribution is 0.0913. The van der Waals surface area contributed by atoms with E-state index in [1.54, 1.807) is 24.3 Å². The SMILES string of the molecule is NS(=O)(=O)Nc1cc(C(=O)CN(CCCCCCN(CC(=O)c2ccc(OCc3ccccc3)c(NS(N)(=O)=O)c2)Cc2ccccc2)Cc2ccccc2)ccc1OCc1ccccc1. The highest BCUT2D eigenvalue weighted by Gasteiger charge is 2.20. The molecular weight excluding hydrogens is 877 g/mol. The third kappa shape index (κ3) is 16.9. The summed E-state index contributed by atoms with van der Waals surface area (Å²) in [5.74, 6) is 0.0905. The predicted octanol–water partition coefficient (Wildman–Crippen LogP) is 7.71. The number of carbonyl (C=O) groups excluding carboxylic acids is 2. The summed E-state index contributed by atoms with van der Waals surface area (Å²) in [5, 5.41) is 10.7. The van der Waals surface area contributed by atoms with Crippen LogP contribution in [0.1, 0.15) is 68.7 Å². The number of Topliss-reactive ketones (excluding diaryl/α,β-unsaturated/α-hetero) is 2. The number of nitrogens with one attached hydrogen (secondary N) is 2. The van der Waals surface area contributed by atoms with Gasteiger partial charge in [0.05, 0.1) is 24.5 Å². The second kappa shape index (κ2) is 24.2. The number of nitrogens with zero attached hydrogens (tertiary/aromatic N) is 2. The van der Waals surface area contributed by atoms with Gasteiger partial charge in [-0.1, -0.05) is 134 Å². The predicted molar refractivity (Wildman–Crippen MR) is 258 cm³/mol. The molecule has 346 valence electrons. The Hall–Kier alpha value is -6.40. The lowest BCUT2D eigenvalue weighted by Gasteiger charge is -2.23. The first-order valence-electron chi connectivity index (χ1n) is 21.6. The third-order valence-corrected chi connectivity index (χ3v) is 11.5. The van der Waals surface area contributed by atoms with Crippen LogP contribution >= 0.6 is 0 Å². The number of hydrogen-bond donors (Lipinski definition) is 4. The van der Waals surface area contributed by atoms with Crippen LogP contribution in [-0.2, 0) is 46.7 Å². The maximum absolute atomic E-state index is 13.8. The van der Waals surface area contributed by atoms with Gasteiger partial charge in [0.25, 0.3) is 20.4 Å². The largest absolute Gasteiger partial charge is 0.487 e. The lowest BCUT2D eigenvalue weighted by Crippen LogP contribution is -2.31. The first kappa shape index (κ1) is 49.0. The van der Waals surface area contributed by atoms with Gasteiger partial charge in [0.15, 0.2) is 11.6 Å². The number of ketones is 2. The molecule has 6 N–H and O–H groups in total. The normalized spacial score (nSPS) is 11.6. The maximum atomic E-state index is 13.8. The maximum Gasteiger partial charge on any atom is 0.296 e. The van der Waals surface area contributed by atoms with Crippen molar-refractivity contribution in [1.29, 1.82) is 0 Å². The van der Waals surface area contributed by atoms with E-state index >= 15 is 0 Å². The summed E-state index contributed by atoms with van der Waals surface area (Å²) in [7, 11) is -8.33. The Morgan fingerprint density at radius 1 is 0.455 bits per heavy atom. The number of anilines is 2. The van der Waals surface area contributed by atoms with Gasteiger partial charge in [0.1, 0.15) is 24.7 Å². The van der Waals surface area contributed by atoms with Gasteiger partial charge < -0.3 is 9.47 Å². The van der Waals surface area contributed by atoms with E-state index in [1.807, 2.05) is 121 Å². The minimum absolute atomic E-state index is 0.0720. The van der Waals surface area contributed by atoms with Gasteiger partial charge in [0, 0.05) is 24.2 Å². The molecule has 0 aliphatic carbocycles. The highest BCUT2D eigenvalue weighted by Crippen LogP contribution is 2.29. The van der Waals surface area contributed by atoms with Crippen molar-refractivity contribution in [3.8, 4) is 11.5 Å². The van der Waals surface area contributed by atoms with Crippen LogP contribution in [0.25, 0.3) is 0 Å². The molecular formula is C50H56N6O8S2. The first-order valence-corrected chi connectivity index (χ1v) is 24.7. The summed E-state index contributed by atoms with van der Waals surface area (Å²) < 4.78 is 64.8. The molecule has 0 saturated carbocycles. The highest BCUT2D eigenvalue weighted by atomic mass is 32.2. The summed E-state index contributed by atoms with van der Waals surface area (Å²) in [5.41, 5.74) is 4.63. The molecule has 6 aromatic carbocycles. The Morgan fingerprint density at radius 3 is 1.12 bits per heavy atom. The summed E-state index contributed by atoms with van der Waals surface area (Å²) in [6.07, 6.45) is 3.35. The van der Waals surface area contributed by atoms with E-state index in [1.165, 1.54) is 12.1 Å². The molecule has 0 radical (unpaired) electrons. The summed E-state index contributed by atoms with van der Waals surface area (Å²) >= 11 is 0. The molecule has 0 spiro atoms. The molecule has 6 aromatic rings. The molecule has 0 atom stereocenters. The van der Waals surface area contributed by atoms with Crippen molar-refractivity contribution in [3.63, 3.8) is 0 Å². The average molecular weight is 933 g/mol. The standard InChI is InChI=1S/C50H56N6O8S2/c51-65(59,60)53-45-31-43(25-27-49(45)63-37-41-21-11-5-12-22-41)47(57)35-55(33-39-17-7-3-8-18-39)29-15-1-2-16-30-56(34-40-19-9-4-10-20-40)36-48(58)44-26-28-50(46(32-44)54-66(52,61)62)64-38-42-23-13-6-14-24-42/h3-14,17-28,31-32,53-54H,1-2,15-16,29-30,33-38H2,(H2,51,59,60)(H2,52,61,62). The van der Waals surface area contributed by atoms with Crippen molar-refractivity contribution in [3.05, 3.63) is 191 Å². The molecule has 0 aromatic heterocycles. The van der Waals surface area contributed by atoms with Crippen LogP contribution in [0.2, 0.25) is 0 Å². The quantitative estimate of drug-likeness (QED) is 0.0293. The van der Waals surface area contributed by atoms with Crippen molar-refractivity contribution in [2.75, 3.05) is 35.6 Å². The molecule has 0 amide bonds. The second-order valence-corrected chi connectivity index (χ2v) is 18.5. The Labute approximate surface area is 387 Å². The lowest BCUT2D eigenvalue weighted by atomic mass is 10.1. The van der Waals surface area contributed by atoms with Crippen LogP contribution in [0.5, 0.6) is 11.5 Å². The van der Waals surface area contributed by atoms with Crippen molar-refractivity contribution >= 4 is 43.4 Å². The van der Waals surface area contributed by atoms with Gasteiger partial charge in [0.2, 0.25) is 0 Å². The van der Waals surface area contributed by atoms with Crippen molar-refractivity contribution in [2.24, 2.45) is 10.3 Å². The molecule has 16 heteroatoms. The van der Waals surface area contributed by atoms with Gasteiger partial charge in [-0.2, -0.15) is 16.8 Å². The fraction of sp³-hybridized carbons (Fsp3) is 0.240. The van der Waals surface area contributed by atoms with Crippen LogP contribution < -0.4 is 29.2 Å². The summed E-state index contributed by atoms with van der Waals surface area (Å²) in [6.45, 7) is 2.90. The minimum atomic E-state index is -4.17. The molecule has 0 fully saturated rings. The zero-order valence-corrected chi connectivity index (χ0v) is 38.3. The average Bonchev–Trinajstić information content (AvgIpc) is 3.29. The Balaban J connectivity index is 1.07.